The molecule has 0 bridgehead atoms. The van der Waals surface area contributed by atoms with Crippen LogP contribution in [0, 0.1) is 0 Å². The van der Waals surface area contributed by atoms with Gasteiger partial charge in [0, 0.05) is 24.5 Å². The van der Waals surface area contributed by atoms with Gasteiger partial charge in [-0.3, -0.25) is 4.79 Å². The van der Waals surface area contributed by atoms with Gasteiger partial charge in [0.05, 0.1) is 6.61 Å². The number of thioether (sulfide) groups is 1. The monoisotopic (exact) mass is 176 g/mol. The lowest BCUT2D eigenvalue weighted by atomic mass is 10.2. The van der Waals surface area contributed by atoms with Crippen molar-refractivity contribution in [3.8, 4) is 0 Å². The van der Waals surface area contributed by atoms with Crippen LogP contribution in [0.3, 0.4) is 0 Å². The predicted octanol–water partition coefficient (Wildman–Crippen LogP) is 1.73. The maximum absolute atomic E-state index is 10.6. The fourth-order valence-corrected chi connectivity index (χ4v) is 1.81. The molecule has 0 aliphatic rings. The summed E-state index contributed by atoms with van der Waals surface area (Å²) in [5.41, 5.74) is 0. The molecular weight excluding hydrogens is 160 g/mol. The minimum atomic E-state index is 0.266. The maximum Gasteiger partial charge on any atom is 0.130 e. The van der Waals surface area contributed by atoms with E-state index in [0.29, 0.717) is 11.7 Å². The maximum atomic E-state index is 10.6. The van der Waals surface area contributed by atoms with Gasteiger partial charge in [0.2, 0.25) is 0 Å². The van der Waals surface area contributed by atoms with Crippen molar-refractivity contribution in [3.05, 3.63) is 0 Å². The summed E-state index contributed by atoms with van der Waals surface area (Å²) in [6.07, 6.45) is 0.675. The van der Waals surface area contributed by atoms with Crippen LogP contribution in [-0.2, 0) is 9.53 Å². The standard InChI is InChI=1S/C8H16O2S/c1-7(9)6-8(2)11-5-4-10-3/h8H,4-6H2,1-3H3. The van der Waals surface area contributed by atoms with E-state index in [2.05, 4.69) is 6.92 Å². The Bertz CT molecular complexity index is 115. The highest BCUT2D eigenvalue weighted by Crippen LogP contribution is 2.13. The highest BCUT2D eigenvalue weighted by atomic mass is 32.2. The van der Waals surface area contributed by atoms with Gasteiger partial charge >= 0.3 is 0 Å². The van der Waals surface area contributed by atoms with Crippen molar-refractivity contribution in [2.24, 2.45) is 0 Å². The van der Waals surface area contributed by atoms with Gasteiger partial charge in [-0.1, -0.05) is 6.92 Å². The van der Waals surface area contributed by atoms with Crippen LogP contribution in [-0.4, -0.2) is 30.5 Å². The molecule has 0 amide bonds. The summed E-state index contributed by atoms with van der Waals surface area (Å²) in [5.74, 6) is 1.24. The topological polar surface area (TPSA) is 26.3 Å². The van der Waals surface area contributed by atoms with Gasteiger partial charge in [0.1, 0.15) is 5.78 Å². The summed E-state index contributed by atoms with van der Waals surface area (Å²) in [4.78, 5) is 10.6. The fourth-order valence-electron chi connectivity index (χ4n) is 0.796. The van der Waals surface area contributed by atoms with Crippen LogP contribution in [0.15, 0.2) is 0 Å². The second-order valence-electron chi connectivity index (χ2n) is 2.58. The summed E-state index contributed by atoms with van der Waals surface area (Å²) in [5, 5.41) is 0.433. The summed E-state index contributed by atoms with van der Waals surface area (Å²) < 4.78 is 4.89. The average molecular weight is 176 g/mol. The molecular formula is C8H16O2S. The van der Waals surface area contributed by atoms with Crippen LogP contribution in [0.25, 0.3) is 0 Å². The molecule has 0 rings (SSSR count). The first-order chi connectivity index (χ1) is 5.16. The van der Waals surface area contributed by atoms with Crippen molar-refractivity contribution in [3.63, 3.8) is 0 Å². The zero-order valence-electron chi connectivity index (χ0n) is 7.42. The Morgan fingerprint density at radius 3 is 2.73 bits per heavy atom. The molecule has 0 aliphatic carbocycles. The Balaban J connectivity index is 3.22. The molecule has 0 aromatic rings. The van der Waals surface area contributed by atoms with Gasteiger partial charge in [0.15, 0.2) is 0 Å². The molecule has 3 heteroatoms. The molecule has 66 valence electrons. The van der Waals surface area contributed by atoms with Crippen molar-refractivity contribution in [1.29, 1.82) is 0 Å². The largest absolute Gasteiger partial charge is 0.384 e. The molecule has 1 atom stereocenters. The van der Waals surface area contributed by atoms with E-state index in [1.807, 2.05) is 0 Å². The molecule has 0 saturated carbocycles. The van der Waals surface area contributed by atoms with Gasteiger partial charge in [-0.15, -0.1) is 0 Å². The summed E-state index contributed by atoms with van der Waals surface area (Å²) in [7, 11) is 1.69. The zero-order valence-corrected chi connectivity index (χ0v) is 8.24. The second kappa shape index (κ2) is 6.68. The van der Waals surface area contributed by atoms with E-state index in [-0.39, 0.29) is 5.78 Å². The first-order valence-electron chi connectivity index (χ1n) is 3.76. The molecule has 2 nitrogen and oxygen atoms in total. The molecule has 0 N–H and O–H groups in total. The molecule has 0 fully saturated rings. The minimum absolute atomic E-state index is 0.266. The highest BCUT2D eigenvalue weighted by Gasteiger charge is 2.04. The van der Waals surface area contributed by atoms with E-state index in [9.17, 15) is 4.79 Å². The number of hydrogen-bond acceptors (Lipinski definition) is 3. The SMILES string of the molecule is COCCSC(C)CC(C)=O. The lowest BCUT2D eigenvalue weighted by Crippen LogP contribution is -2.05. The lowest BCUT2D eigenvalue weighted by Gasteiger charge is -2.07. The average Bonchev–Trinajstić information content (AvgIpc) is 1.86. The molecule has 0 aromatic carbocycles. The van der Waals surface area contributed by atoms with E-state index < -0.39 is 0 Å². The van der Waals surface area contributed by atoms with Crippen LogP contribution in [0.5, 0.6) is 0 Å². The van der Waals surface area contributed by atoms with Gasteiger partial charge < -0.3 is 4.74 Å². The van der Waals surface area contributed by atoms with Gasteiger partial charge in [-0.25, -0.2) is 0 Å². The van der Waals surface area contributed by atoms with Crippen LogP contribution < -0.4 is 0 Å². The first kappa shape index (κ1) is 11.0. The van der Waals surface area contributed by atoms with Crippen molar-refractivity contribution >= 4 is 17.5 Å². The number of ether oxygens (including phenoxy) is 1. The summed E-state index contributed by atoms with van der Waals surface area (Å²) in [6.45, 7) is 4.47. The Hall–Kier alpha value is -0.0200. The van der Waals surface area contributed by atoms with E-state index in [0.717, 1.165) is 12.4 Å². The van der Waals surface area contributed by atoms with Crippen LogP contribution >= 0.6 is 11.8 Å². The van der Waals surface area contributed by atoms with Gasteiger partial charge in [0.25, 0.3) is 0 Å². The minimum Gasteiger partial charge on any atom is -0.384 e. The fraction of sp³-hybridized carbons (Fsp3) is 0.875. The van der Waals surface area contributed by atoms with E-state index in [1.165, 1.54) is 0 Å². The summed E-state index contributed by atoms with van der Waals surface area (Å²) >= 11 is 1.78. The number of ketones is 1. The Morgan fingerprint density at radius 2 is 2.27 bits per heavy atom. The van der Waals surface area contributed by atoms with Gasteiger partial charge in [-0.05, 0) is 6.92 Å². The normalized spacial score (nSPS) is 13.0. The van der Waals surface area contributed by atoms with Crippen molar-refractivity contribution in [2.75, 3.05) is 19.5 Å². The number of hydrogen-bond donors (Lipinski definition) is 0. The van der Waals surface area contributed by atoms with Gasteiger partial charge in [-0.2, -0.15) is 11.8 Å². The molecule has 0 saturated heterocycles. The molecule has 11 heavy (non-hydrogen) atoms. The summed E-state index contributed by atoms with van der Waals surface area (Å²) in [6, 6.07) is 0. The van der Waals surface area contributed by atoms with Crippen LogP contribution in [0.2, 0.25) is 0 Å². The Labute approximate surface area is 72.7 Å². The quantitative estimate of drug-likeness (QED) is 0.577. The molecule has 1 unspecified atom stereocenters. The van der Waals surface area contributed by atoms with Crippen molar-refractivity contribution in [1.82, 2.24) is 0 Å². The molecule has 0 radical (unpaired) electrons. The lowest BCUT2D eigenvalue weighted by molar-refractivity contribution is -0.116. The number of carbonyl (C=O) groups excluding carboxylic acids is 1. The van der Waals surface area contributed by atoms with E-state index >= 15 is 0 Å². The highest BCUT2D eigenvalue weighted by molar-refractivity contribution is 7.99. The molecule has 0 aromatic heterocycles. The van der Waals surface area contributed by atoms with Crippen LogP contribution in [0.4, 0.5) is 0 Å². The zero-order chi connectivity index (χ0) is 8.69. The van der Waals surface area contributed by atoms with Crippen molar-refractivity contribution < 1.29 is 9.53 Å². The van der Waals surface area contributed by atoms with Crippen LogP contribution in [0.1, 0.15) is 20.3 Å². The number of carbonyl (C=O) groups is 1. The third-order valence-corrected chi connectivity index (χ3v) is 2.40. The second-order valence-corrected chi connectivity index (χ2v) is 4.13. The number of rotatable bonds is 6. The first-order valence-corrected chi connectivity index (χ1v) is 4.81. The Morgan fingerprint density at radius 1 is 1.64 bits per heavy atom. The third kappa shape index (κ3) is 7.88. The number of Topliss-reactive ketones (excluding diaryl/α,β-unsaturated/α-hetero) is 1. The Kier molecular flexibility index (Phi) is 6.66. The van der Waals surface area contributed by atoms with Crippen molar-refractivity contribution in [2.45, 2.75) is 25.5 Å². The van der Waals surface area contributed by atoms with E-state index in [1.54, 1.807) is 25.8 Å². The molecule has 0 aliphatic heterocycles. The smallest absolute Gasteiger partial charge is 0.130 e. The third-order valence-electron chi connectivity index (χ3n) is 1.26. The molecule has 0 heterocycles. The van der Waals surface area contributed by atoms with E-state index in [4.69, 9.17) is 4.74 Å². The number of methoxy groups -OCH3 is 1. The molecule has 0 spiro atoms. The predicted molar refractivity (Wildman–Crippen MR) is 49.1 cm³/mol.